The minimum absolute atomic E-state index is 0.0280. The van der Waals surface area contributed by atoms with Crippen LogP contribution in [0.15, 0.2) is 66.2 Å². The van der Waals surface area contributed by atoms with Crippen molar-refractivity contribution in [3.8, 4) is 5.75 Å². The first-order valence-corrected chi connectivity index (χ1v) is 18.5. The molecule has 4 atom stereocenters. The first kappa shape index (κ1) is 38.6. The maximum Gasteiger partial charge on any atom is 0.573 e. The van der Waals surface area contributed by atoms with Crippen molar-refractivity contribution in [2.24, 2.45) is 5.41 Å². The third-order valence-corrected chi connectivity index (χ3v) is 11.6. The Bertz CT molecular complexity index is 1740. The fraction of sp³-hybridized carbons (Fsp3) is 0.500. The van der Waals surface area contributed by atoms with Crippen molar-refractivity contribution in [3.63, 3.8) is 0 Å². The van der Waals surface area contributed by atoms with E-state index in [1.165, 1.54) is 40.5 Å². The smallest absolute Gasteiger partial charge is 0.406 e. The second-order valence-corrected chi connectivity index (χ2v) is 16.1. The van der Waals surface area contributed by atoms with Gasteiger partial charge in [-0.15, -0.1) is 24.5 Å². The lowest BCUT2D eigenvalue weighted by atomic mass is 9.64. The number of ketones is 1. The van der Waals surface area contributed by atoms with Gasteiger partial charge < -0.3 is 25.2 Å². The normalized spacial score (nSPS) is 24.1. The minimum Gasteiger partial charge on any atom is -0.406 e. The topological polar surface area (TPSA) is 99.1 Å². The number of alkyl halides is 3. The van der Waals surface area contributed by atoms with E-state index in [4.69, 9.17) is 0 Å². The second kappa shape index (κ2) is 15.5. The van der Waals surface area contributed by atoms with Crippen LogP contribution in [0.4, 0.5) is 18.0 Å². The van der Waals surface area contributed by atoms with Gasteiger partial charge in [0.15, 0.2) is 0 Å². The van der Waals surface area contributed by atoms with Gasteiger partial charge in [-0.2, -0.15) is 0 Å². The average molecular weight is 727 g/mol. The maximum atomic E-state index is 14.2. The molecule has 2 amide bonds. The summed E-state index contributed by atoms with van der Waals surface area (Å²) in [5.74, 6) is -0.677. The van der Waals surface area contributed by atoms with Crippen LogP contribution in [-0.4, -0.2) is 57.6 Å². The summed E-state index contributed by atoms with van der Waals surface area (Å²) in [4.78, 5) is 31.1. The molecule has 1 aromatic heterocycles. The van der Waals surface area contributed by atoms with Gasteiger partial charge >= 0.3 is 12.4 Å². The van der Waals surface area contributed by atoms with Gasteiger partial charge in [-0.1, -0.05) is 42.8 Å². The molecule has 6 rings (SSSR count). The van der Waals surface area contributed by atoms with Crippen molar-refractivity contribution in [2.75, 3.05) is 6.54 Å². The number of carbonyl (C=O) groups excluding carboxylic acids is 2. The molecule has 7 nitrogen and oxygen atoms in total. The fourth-order valence-corrected chi connectivity index (χ4v) is 8.58. The Morgan fingerprint density at radius 2 is 1.78 bits per heavy atom. The van der Waals surface area contributed by atoms with E-state index < -0.39 is 29.5 Å². The van der Waals surface area contributed by atoms with Gasteiger partial charge in [-0.3, -0.25) is 4.79 Å². The van der Waals surface area contributed by atoms with Gasteiger partial charge in [-0.25, -0.2) is 4.79 Å². The number of benzene rings is 2. The van der Waals surface area contributed by atoms with Crippen LogP contribution < -0.4 is 10.1 Å². The van der Waals surface area contributed by atoms with Gasteiger partial charge in [0.25, 0.3) is 0 Å². The van der Waals surface area contributed by atoms with Crippen molar-refractivity contribution < 1.29 is 37.7 Å². The van der Waals surface area contributed by atoms with E-state index in [0.717, 1.165) is 28.0 Å². The first-order valence-electron chi connectivity index (χ1n) is 17.7. The number of fused-ring (bicyclic) bond motifs is 8. The number of halogens is 3. The summed E-state index contributed by atoms with van der Waals surface area (Å²) in [5, 5.41) is 26.7. The zero-order valence-corrected chi connectivity index (χ0v) is 30.8. The number of aliphatic hydroxyl groups is 2. The van der Waals surface area contributed by atoms with Crippen molar-refractivity contribution in [2.45, 2.75) is 116 Å². The molecule has 0 spiro atoms. The molecule has 1 saturated carbocycles. The predicted octanol–water partition coefficient (Wildman–Crippen LogP) is 8.84. The van der Waals surface area contributed by atoms with Crippen LogP contribution in [0.1, 0.15) is 109 Å². The number of aryl methyl sites for hydroxylation is 1. The number of thiophene rings is 1. The van der Waals surface area contributed by atoms with E-state index >= 15 is 0 Å². The quantitative estimate of drug-likeness (QED) is 0.159. The van der Waals surface area contributed by atoms with Gasteiger partial charge in [0, 0.05) is 28.4 Å². The number of allylic oxidation sites excluding steroid dienone is 2. The van der Waals surface area contributed by atoms with E-state index in [0.29, 0.717) is 54.5 Å². The molecule has 3 aliphatic rings. The average Bonchev–Trinajstić information content (AvgIpc) is 3.59. The van der Waals surface area contributed by atoms with Crippen LogP contribution >= 0.6 is 11.3 Å². The molecule has 2 bridgehead atoms. The monoisotopic (exact) mass is 726 g/mol. The van der Waals surface area contributed by atoms with Gasteiger partial charge in [0.2, 0.25) is 5.78 Å². The standard InChI is InChI=1S/C40H49F3N2O5S/c1-25(2)44-37(48)45(23-28-10-14-31(15-11-28)50-40(41,42)43)24-39(49)20-18-34-32-16-12-29(22-33(32)36(47)35-17-9-27(4)51-35)21-30(46)13-8-26(3)7-6-19-38(34,39)5/h7,9-12,14-17,22,25,30,34,46,49H,6,8,13,18-21,23-24H2,1-5H3,(H,44,48)/t30-,34-,38-,39+/m0/s1. The highest BCUT2D eigenvalue weighted by molar-refractivity contribution is 7.14. The molecule has 2 aromatic carbocycles. The Balaban J connectivity index is 1.55. The number of amides is 2. The highest BCUT2D eigenvalue weighted by Gasteiger charge is 2.57. The molecular formula is C40H49F3N2O5S. The summed E-state index contributed by atoms with van der Waals surface area (Å²) in [7, 11) is 0. The summed E-state index contributed by atoms with van der Waals surface area (Å²) in [6, 6.07) is 14.5. The Labute approximate surface area is 302 Å². The third-order valence-electron chi connectivity index (χ3n) is 10.6. The maximum absolute atomic E-state index is 14.2. The first-order chi connectivity index (χ1) is 24.0. The molecule has 0 unspecified atom stereocenters. The van der Waals surface area contributed by atoms with Crippen molar-refractivity contribution >= 4 is 23.2 Å². The largest absolute Gasteiger partial charge is 0.573 e. The number of ether oxygens (including phenoxy) is 1. The zero-order chi connectivity index (χ0) is 37.1. The lowest BCUT2D eigenvalue weighted by Crippen LogP contribution is -2.55. The van der Waals surface area contributed by atoms with Crippen molar-refractivity contribution in [1.29, 1.82) is 0 Å². The SMILES string of the molecule is CC1=CCC[C@@]2(C)[C@@H](CC[C@@]2(O)CN(Cc2ccc(OC(F)(F)F)cc2)C(=O)NC(C)C)c2ccc(cc2C(=O)c2ccc(C)s2)C[C@@H](O)CC1. The molecule has 3 N–H and O–H groups in total. The van der Waals surface area contributed by atoms with Crippen molar-refractivity contribution in [3.05, 3.63) is 98.3 Å². The molecular weight excluding hydrogens is 678 g/mol. The molecule has 0 saturated heterocycles. The number of urea groups is 1. The Kier molecular flexibility index (Phi) is 11.7. The van der Waals surface area contributed by atoms with Crippen LogP contribution in [0.2, 0.25) is 0 Å². The summed E-state index contributed by atoms with van der Waals surface area (Å²) < 4.78 is 42.4. The van der Waals surface area contributed by atoms with Gasteiger partial charge in [0.05, 0.1) is 23.1 Å². The number of nitrogens with one attached hydrogen (secondary N) is 1. The third kappa shape index (κ3) is 9.23. The molecule has 0 radical (unpaired) electrons. The van der Waals surface area contributed by atoms with E-state index in [2.05, 4.69) is 30.0 Å². The van der Waals surface area contributed by atoms with E-state index in [-0.39, 0.29) is 36.6 Å². The number of rotatable bonds is 8. The summed E-state index contributed by atoms with van der Waals surface area (Å²) in [5.41, 5.74) is 1.87. The highest BCUT2D eigenvalue weighted by atomic mass is 32.1. The lowest BCUT2D eigenvalue weighted by molar-refractivity contribution is -0.274. The molecule has 3 aliphatic carbocycles. The van der Waals surface area contributed by atoms with Crippen LogP contribution in [0.3, 0.4) is 0 Å². The molecule has 3 aromatic rings. The lowest BCUT2D eigenvalue weighted by Gasteiger charge is -2.46. The van der Waals surface area contributed by atoms with Crippen LogP contribution in [0.5, 0.6) is 5.75 Å². The molecule has 11 heteroatoms. The molecule has 1 fully saturated rings. The number of aliphatic hydroxyl groups excluding tert-OH is 1. The molecule has 1 heterocycles. The number of nitrogens with zero attached hydrogens (tertiary/aromatic N) is 1. The minimum atomic E-state index is -4.82. The van der Waals surface area contributed by atoms with Gasteiger partial charge in [0.1, 0.15) is 5.75 Å². The predicted molar refractivity (Wildman–Crippen MR) is 193 cm³/mol. The van der Waals surface area contributed by atoms with E-state index in [1.807, 2.05) is 51.1 Å². The summed E-state index contributed by atoms with van der Waals surface area (Å²) in [6.07, 6.45) is 0.694. The van der Waals surface area contributed by atoms with Crippen LogP contribution in [0, 0.1) is 12.3 Å². The second-order valence-electron chi connectivity index (χ2n) is 14.8. The number of hydrogen-bond acceptors (Lipinski definition) is 6. The summed E-state index contributed by atoms with van der Waals surface area (Å²) >= 11 is 1.44. The van der Waals surface area contributed by atoms with Gasteiger partial charge in [-0.05, 0) is 126 Å². The Morgan fingerprint density at radius 1 is 1.06 bits per heavy atom. The van der Waals surface area contributed by atoms with Crippen LogP contribution in [0.25, 0.3) is 0 Å². The Morgan fingerprint density at radius 3 is 2.43 bits per heavy atom. The summed E-state index contributed by atoms with van der Waals surface area (Å²) in [6.45, 7) is 9.76. The molecule has 276 valence electrons. The van der Waals surface area contributed by atoms with E-state index in [9.17, 15) is 33.0 Å². The number of hydrogen-bond donors (Lipinski definition) is 3. The van der Waals surface area contributed by atoms with E-state index in [1.54, 1.807) is 0 Å². The fourth-order valence-electron chi connectivity index (χ4n) is 7.76. The molecule has 51 heavy (non-hydrogen) atoms. The zero-order valence-electron chi connectivity index (χ0n) is 30.0. The Hall–Kier alpha value is -3.67. The highest BCUT2D eigenvalue weighted by Crippen LogP contribution is 2.59. The van der Waals surface area contributed by atoms with Crippen LogP contribution in [-0.2, 0) is 13.0 Å². The van der Waals surface area contributed by atoms with Crippen molar-refractivity contribution in [1.82, 2.24) is 10.2 Å². The number of carbonyl (C=O) groups is 2. The molecule has 0 aliphatic heterocycles.